The second-order valence-corrected chi connectivity index (χ2v) is 4.54. The van der Waals surface area contributed by atoms with Crippen LogP contribution >= 0.6 is 11.6 Å². The maximum Gasteiger partial charge on any atom is 0.131 e. The Balaban J connectivity index is 2.14. The minimum absolute atomic E-state index is 0.220. The van der Waals surface area contributed by atoms with Crippen molar-refractivity contribution in [3.05, 3.63) is 40.7 Å². The molecule has 0 radical (unpaired) electrons. The first-order valence-electron chi connectivity index (χ1n) is 6.31. The maximum atomic E-state index is 9.21. The van der Waals surface area contributed by atoms with Gasteiger partial charge in [-0.05, 0) is 37.6 Å². The summed E-state index contributed by atoms with van der Waals surface area (Å²) in [6.07, 6.45) is 0.804. The number of halogens is 1. The molecule has 0 unspecified atom stereocenters. The summed E-state index contributed by atoms with van der Waals surface area (Å²) in [4.78, 5) is 0. The summed E-state index contributed by atoms with van der Waals surface area (Å²) in [7, 11) is 0. The molecule has 2 aromatic rings. The zero-order valence-corrected chi connectivity index (χ0v) is 11.8. The van der Waals surface area contributed by atoms with E-state index in [0.717, 1.165) is 24.4 Å². The highest BCUT2D eigenvalue weighted by Crippen LogP contribution is 2.24. The molecule has 0 bridgehead atoms. The van der Waals surface area contributed by atoms with E-state index in [9.17, 15) is 5.11 Å². The van der Waals surface area contributed by atoms with Gasteiger partial charge < -0.3 is 9.84 Å². The number of phenols is 1. The standard InChI is InChI=1S/C14H17ClN2O2/c1-3-12-14(15)13(17(4-2)16-12)9-19-11-7-5-10(18)6-8-11/h5-8,18H,3-4,9H2,1-2H3. The van der Waals surface area contributed by atoms with Crippen molar-refractivity contribution in [1.29, 1.82) is 0 Å². The van der Waals surface area contributed by atoms with E-state index < -0.39 is 0 Å². The number of aromatic nitrogens is 2. The highest BCUT2D eigenvalue weighted by Gasteiger charge is 2.14. The van der Waals surface area contributed by atoms with E-state index in [0.29, 0.717) is 17.4 Å². The fraction of sp³-hybridized carbons (Fsp3) is 0.357. The maximum absolute atomic E-state index is 9.21. The van der Waals surface area contributed by atoms with Crippen LogP contribution in [0.15, 0.2) is 24.3 Å². The first kappa shape index (κ1) is 13.7. The van der Waals surface area contributed by atoms with Crippen LogP contribution in [0.25, 0.3) is 0 Å². The van der Waals surface area contributed by atoms with E-state index in [1.54, 1.807) is 24.3 Å². The first-order valence-corrected chi connectivity index (χ1v) is 6.69. The third-order valence-electron chi connectivity index (χ3n) is 2.91. The molecule has 0 atom stereocenters. The van der Waals surface area contributed by atoms with Gasteiger partial charge in [0.1, 0.15) is 18.1 Å². The lowest BCUT2D eigenvalue weighted by Crippen LogP contribution is -2.06. The Morgan fingerprint density at radius 3 is 2.53 bits per heavy atom. The largest absolute Gasteiger partial charge is 0.508 e. The van der Waals surface area contributed by atoms with Crippen LogP contribution in [0.2, 0.25) is 5.02 Å². The van der Waals surface area contributed by atoms with Crippen molar-refractivity contribution in [2.75, 3.05) is 0 Å². The molecule has 0 saturated carbocycles. The van der Waals surface area contributed by atoms with Crippen molar-refractivity contribution in [2.45, 2.75) is 33.4 Å². The molecule has 102 valence electrons. The molecule has 4 nitrogen and oxygen atoms in total. The van der Waals surface area contributed by atoms with E-state index >= 15 is 0 Å². The van der Waals surface area contributed by atoms with Crippen LogP contribution in [-0.4, -0.2) is 14.9 Å². The number of hydrogen-bond donors (Lipinski definition) is 1. The number of nitrogens with zero attached hydrogens (tertiary/aromatic N) is 2. The summed E-state index contributed by atoms with van der Waals surface area (Å²) >= 11 is 6.30. The predicted molar refractivity (Wildman–Crippen MR) is 74.7 cm³/mol. The number of hydrogen-bond acceptors (Lipinski definition) is 3. The quantitative estimate of drug-likeness (QED) is 0.913. The van der Waals surface area contributed by atoms with Crippen molar-refractivity contribution in [3.63, 3.8) is 0 Å². The summed E-state index contributed by atoms with van der Waals surface area (Å²) < 4.78 is 7.53. The number of rotatable bonds is 5. The zero-order chi connectivity index (χ0) is 13.8. The Kier molecular flexibility index (Phi) is 4.32. The van der Waals surface area contributed by atoms with Gasteiger partial charge in [0, 0.05) is 6.54 Å². The molecule has 0 aliphatic rings. The summed E-state index contributed by atoms with van der Waals surface area (Å²) in [5, 5.41) is 14.3. The molecule has 5 heteroatoms. The second kappa shape index (κ2) is 5.97. The molecule has 2 rings (SSSR count). The van der Waals surface area contributed by atoms with Gasteiger partial charge in [0.15, 0.2) is 0 Å². The molecule has 19 heavy (non-hydrogen) atoms. The van der Waals surface area contributed by atoms with Gasteiger partial charge in [0.2, 0.25) is 0 Å². The van der Waals surface area contributed by atoms with Crippen LogP contribution in [0.3, 0.4) is 0 Å². The van der Waals surface area contributed by atoms with Crippen LogP contribution in [0.5, 0.6) is 11.5 Å². The molecule has 0 spiro atoms. The fourth-order valence-corrected chi connectivity index (χ4v) is 2.17. The molecular weight excluding hydrogens is 264 g/mol. The molecule has 1 heterocycles. The van der Waals surface area contributed by atoms with Crippen LogP contribution < -0.4 is 4.74 Å². The molecule has 0 saturated heterocycles. The molecule has 0 fully saturated rings. The zero-order valence-electron chi connectivity index (χ0n) is 11.1. The van der Waals surface area contributed by atoms with Crippen LogP contribution in [0.4, 0.5) is 0 Å². The molecule has 0 amide bonds. The number of benzene rings is 1. The Labute approximate surface area is 117 Å². The monoisotopic (exact) mass is 280 g/mol. The van der Waals surface area contributed by atoms with Crippen molar-refractivity contribution < 1.29 is 9.84 Å². The molecule has 1 aromatic heterocycles. The van der Waals surface area contributed by atoms with E-state index in [-0.39, 0.29) is 5.75 Å². The van der Waals surface area contributed by atoms with Crippen LogP contribution in [-0.2, 0) is 19.6 Å². The van der Waals surface area contributed by atoms with E-state index in [2.05, 4.69) is 5.10 Å². The smallest absolute Gasteiger partial charge is 0.131 e. The van der Waals surface area contributed by atoms with Gasteiger partial charge in [0.25, 0.3) is 0 Å². The fourth-order valence-electron chi connectivity index (χ4n) is 1.85. The van der Waals surface area contributed by atoms with Gasteiger partial charge in [-0.1, -0.05) is 18.5 Å². The average Bonchev–Trinajstić information content (AvgIpc) is 2.74. The van der Waals surface area contributed by atoms with Gasteiger partial charge in [-0.25, -0.2) is 0 Å². The van der Waals surface area contributed by atoms with E-state index in [4.69, 9.17) is 16.3 Å². The van der Waals surface area contributed by atoms with Crippen molar-refractivity contribution in [3.8, 4) is 11.5 Å². The van der Waals surface area contributed by atoms with Crippen molar-refractivity contribution >= 4 is 11.6 Å². The van der Waals surface area contributed by atoms with Crippen molar-refractivity contribution in [1.82, 2.24) is 9.78 Å². The second-order valence-electron chi connectivity index (χ2n) is 4.16. The summed E-state index contributed by atoms with van der Waals surface area (Å²) in [5.74, 6) is 0.910. The van der Waals surface area contributed by atoms with Crippen molar-refractivity contribution in [2.24, 2.45) is 0 Å². The van der Waals surface area contributed by atoms with Gasteiger partial charge in [-0.3, -0.25) is 4.68 Å². The third-order valence-corrected chi connectivity index (χ3v) is 3.34. The lowest BCUT2D eigenvalue weighted by atomic mass is 10.3. The summed E-state index contributed by atoms with van der Waals surface area (Å²) in [6.45, 7) is 5.17. The lowest BCUT2D eigenvalue weighted by Gasteiger charge is -2.08. The summed E-state index contributed by atoms with van der Waals surface area (Å²) in [6, 6.07) is 6.62. The minimum atomic E-state index is 0.220. The first-order chi connectivity index (χ1) is 9.15. The Bertz CT molecular complexity index is 549. The van der Waals surface area contributed by atoms with Gasteiger partial charge in [-0.15, -0.1) is 0 Å². The van der Waals surface area contributed by atoms with Gasteiger partial charge in [0.05, 0.1) is 16.4 Å². The van der Waals surface area contributed by atoms with E-state index in [1.807, 2.05) is 18.5 Å². The average molecular weight is 281 g/mol. The lowest BCUT2D eigenvalue weighted by molar-refractivity contribution is 0.292. The van der Waals surface area contributed by atoms with Gasteiger partial charge >= 0.3 is 0 Å². The number of aryl methyl sites for hydroxylation is 2. The molecule has 1 aromatic carbocycles. The van der Waals surface area contributed by atoms with Crippen LogP contribution in [0, 0.1) is 0 Å². The Morgan fingerprint density at radius 1 is 1.26 bits per heavy atom. The highest BCUT2D eigenvalue weighted by atomic mass is 35.5. The molecule has 1 N–H and O–H groups in total. The van der Waals surface area contributed by atoms with Gasteiger partial charge in [-0.2, -0.15) is 5.10 Å². The molecular formula is C14H17ClN2O2. The SMILES string of the molecule is CCc1nn(CC)c(COc2ccc(O)cc2)c1Cl. The van der Waals surface area contributed by atoms with E-state index in [1.165, 1.54) is 0 Å². The summed E-state index contributed by atoms with van der Waals surface area (Å²) in [5.41, 5.74) is 1.78. The predicted octanol–water partition coefficient (Wildman–Crippen LogP) is 3.40. The number of aromatic hydroxyl groups is 1. The highest BCUT2D eigenvalue weighted by molar-refractivity contribution is 6.31. The number of ether oxygens (including phenoxy) is 1. The minimum Gasteiger partial charge on any atom is -0.508 e. The molecule has 0 aliphatic carbocycles. The third kappa shape index (κ3) is 3.01. The number of phenolic OH excluding ortho intramolecular Hbond substituents is 1. The molecule has 0 aliphatic heterocycles. The Morgan fingerprint density at radius 2 is 1.95 bits per heavy atom. The van der Waals surface area contributed by atoms with Crippen LogP contribution in [0.1, 0.15) is 25.2 Å². The normalized spacial score (nSPS) is 10.7. The Hall–Kier alpha value is -1.68. The topological polar surface area (TPSA) is 47.3 Å².